The maximum atomic E-state index is 13.5. The molecule has 19 heteroatoms. The van der Waals surface area contributed by atoms with E-state index in [9.17, 15) is 61.0 Å². The lowest BCUT2D eigenvalue weighted by molar-refractivity contribution is -0.379. The molecular weight excluding hydrogens is 1360 g/mol. The number of carbonyl (C=O) groups is 1. The summed E-state index contributed by atoms with van der Waals surface area (Å²) < 4.78 is 34.4. The fraction of sp³-hybridized carbons (Fsp3) is 0.739. The van der Waals surface area contributed by atoms with Crippen molar-refractivity contribution < 1.29 is 89.4 Å². The molecule has 3 aliphatic rings. The van der Waals surface area contributed by atoms with E-state index in [1.165, 1.54) is 141 Å². The summed E-state index contributed by atoms with van der Waals surface area (Å²) in [5, 5.41) is 121. The van der Waals surface area contributed by atoms with Crippen molar-refractivity contribution in [3.8, 4) is 0 Å². The molecule has 0 bridgehead atoms. The van der Waals surface area contributed by atoms with E-state index in [0.717, 1.165) is 109 Å². The van der Waals surface area contributed by atoms with Crippen LogP contribution in [0.15, 0.2) is 134 Å². The SMILES string of the molecule is CC/C=C\C/C=C\C/C=C\C/C=C\C/C=C\C/C=C\C/C=C\C/C=C\C/C=C\CCCCCCCCCCCCCCCC(=O)NC(COC1OC(CO)C(OC2OC(CO)C(OC3OC(CO)C(O)C(O)C3O)C(O)C2O)C(O)C1O)C(O)/C=C/CC/C=C/CCCCCCCCCCCCCCCCC. The van der Waals surface area contributed by atoms with Crippen LogP contribution in [-0.2, 0) is 33.2 Å². The van der Waals surface area contributed by atoms with Crippen LogP contribution in [-0.4, -0.2) is 193 Å². The molecule has 1 amide bonds. The fourth-order valence-corrected chi connectivity index (χ4v) is 13.3. The zero-order valence-corrected chi connectivity index (χ0v) is 65.8. The van der Waals surface area contributed by atoms with Crippen molar-refractivity contribution in [3.63, 3.8) is 0 Å². The van der Waals surface area contributed by atoms with Crippen LogP contribution in [0.1, 0.15) is 284 Å². The van der Waals surface area contributed by atoms with Crippen LogP contribution in [0.4, 0.5) is 0 Å². The average molecular weight is 1510 g/mol. The summed E-state index contributed by atoms with van der Waals surface area (Å²) in [6.45, 7) is 1.61. The molecule has 0 saturated carbocycles. The Labute approximate surface area is 645 Å². The third kappa shape index (κ3) is 45.9. The summed E-state index contributed by atoms with van der Waals surface area (Å²) in [5.41, 5.74) is 0. The van der Waals surface area contributed by atoms with Gasteiger partial charge < -0.3 is 89.9 Å². The highest BCUT2D eigenvalue weighted by atomic mass is 16.8. The molecular formula is C88H149NO18. The van der Waals surface area contributed by atoms with Gasteiger partial charge in [-0.15, -0.1) is 0 Å². The molecule has 19 nitrogen and oxygen atoms in total. The third-order valence-electron chi connectivity index (χ3n) is 19.9. The Morgan fingerprint density at radius 2 is 0.654 bits per heavy atom. The molecule has 0 radical (unpaired) electrons. The number of amides is 1. The number of hydrogen-bond acceptors (Lipinski definition) is 18. The second-order valence-corrected chi connectivity index (χ2v) is 29.2. The molecule has 614 valence electrons. The number of unbranched alkanes of at least 4 members (excludes halogenated alkanes) is 29. The second-order valence-electron chi connectivity index (χ2n) is 29.2. The first-order chi connectivity index (χ1) is 52.3. The van der Waals surface area contributed by atoms with E-state index < -0.39 is 124 Å². The Balaban J connectivity index is 1.34. The van der Waals surface area contributed by atoms with Crippen LogP contribution in [0.25, 0.3) is 0 Å². The molecule has 0 aromatic rings. The van der Waals surface area contributed by atoms with Gasteiger partial charge in [0.2, 0.25) is 5.91 Å². The summed E-state index contributed by atoms with van der Waals surface area (Å²) in [5.74, 6) is -0.289. The van der Waals surface area contributed by atoms with E-state index in [1.807, 2.05) is 6.08 Å². The Bertz CT molecular complexity index is 2450. The van der Waals surface area contributed by atoms with Crippen LogP contribution in [0.5, 0.6) is 0 Å². The minimum atomic E-state index is -1.99. The molecule has 0 spiro atoms. The maximum Gasteiger partial charge on any atom is 0.220 e. The first-order valence-corrected chi connectivity index (χ1v) is 41.9. The van der Waals surface area contributed by atoms with Gasteiger partial charge in [-0.25, -0.2) is 0 Å². The molecule has 0 aromatic carbocycles. The number of rotatable bonds is 65. The number of hydrogen-bond donors (Lipinski definition) is 12. The number of ether oxygens (including phenoxy) is 6. The van der Waals surface area contributed by atoms with Crippen molar-refractivity contribution in [2.75, 3.05) is 26.4 Å². The Kier molecular flexibility index (Phi) is 60.4. The van der Waals surface area contributed by atoms with Crippen LogP contribution in [0.2, 0.25) is 0 Å². The van der Waals surface area contributed by atoms with E-state index in [-0.39, 0.29) is 18.9 Å². The molecule has 107 heavy (non-hydrogen) atoms. The number of allylic oxidation sites excluding steroid dienone is 21. The molecule has 12 N–H and O–H groups in total. The lowest BCUT2D eigenvalue weighted by Crippen LogP contribution is -2.66. The molecule has 0 aromatic heterocycles. The normalized spacial score (nSPS) is 26.2. The first-order valence-electron chi connectivity index (χ1n) is 41.9. The highest BCUT2D eigenvalue weighted by Gasteiger charge is 2.54. The van der Waals surface area contributed by atoms with Crippen LogP contribution >= 0.6 is 0 Å². The largest absolute Gasteiger partial charge is 0.394 e. The Morgan fingerprint density at radius 1 is 0.346 bits per heavy atom. The van der Waals surface area contributed by atoms with Crippen LogP contribution < -0.4 is 5.32 Å². The van der Waals surface area contributed by atoms with E-state index in [1.54, 1.807) is 6.08 Å². The standard InChI is InChI=1S/C88H149NO18/c1-3-5-7-9-11-13-15-17-19-21-23-25-26-27-28-29-30-31-32-33-34-35-36-37-38-39-40-41-42-43-44-46-48-50-52-54-56-58-60-62-64-66-76(94)89-71(72(93)65-63-61-59-57-55-53-51-49-47-45-24-22-20-18-16-14-12-10-8-6-4-2)70-102-86-82(100)79(97)84(74(68-91)104-86)107-88-83(101)80(98)85(75(69-92)105-88)106-87-81(99)78(96)77(95)73(67-90)103-87/h5,7,11,13,17,19,23,25,27-28,30-31,33-34,36-37,39-40,55,57,63,65,71-75,77-88,90-93,95-101H,3-4,6,8-10,12,14-16,18,20-22,24,26,29,32,35,38,41-54,56,58-62,64,66-70H2,1-2H3,(H,89,94)/b7-5-,13-11-,19-17-,25-23-,28-27-,31-30-,34-33-,37-36-,40-39-,57-55+,65-63+. The first kappa shape index (κ1) is 97.1. The number of aliphatic hydroxyl groups is 11. The van der Waals surface area contributed by atoms with Crippen molar-refractivity contribution in [2.24, 2.45) is 0 Å². The summed E-state index contributed by atoms with van der Waals surface area (Å²) in [4.78, 5) is 13.5. The molecule has 0 aliphatic carbocycles. The lowest BCUT2D eigenvalue weighted by Gasteiger charge is -2.48. The van der Waals surface area contributed by atoms with Crippen molar-refractivity contribution >= 4 is 5.91 Å². The predicted octanol–water partition coefficient (Wildman–Crippen LogP) is 14.8. The Hall–Kier alpha value is -4.07. The van der Waals surface area contributed by atoms with Gasteiger partial charge in [0.1, 0.15) is 73.2 Å². The maximum absolute atomic E-state index is 13.5. The molecule has 3 rings (SSSR count). The van der Waals surface area contributed by atoms with Crippen LogP contribution in [0.3, 0.4) is 0 Å². The smallest absolute Gasteiger partial charge is 0.220 e. The van der Waals surface area contributed by atoms with Gasteiger partial charge in [-0.1, -0.05) is 308 Å². The topological polar surface area (TPSA) is 307 Å². The zero-order chi connectivity index (χ0) is 77.4. The van der Waals surface area contributed by atoms with Crippen molar-refractivity contribution in [1.82, 2.24) is 5.32 Å². The van der Waals surface area contributed by atoms with Gasteiger partial charge >= 0.3 is 0 Å². The minimum absolute atomic E-state index is 0.227. The number of nitrogens with one attached hydrogen (secondary N) is 1. The molecule has 17 atom stereocenters. The lowest BCUT2D eigenvalue weighted by atomic mass is 9.96. The third-order valence-corrected chi connectivity index (χ3v) is 19.9. The quantitative estimate of drug-likeness (QED) is 0.0199. The van der Waals surface area contributed by atoms with Crippen molar-refractivity contribution in [3.05, 3.63) is 134 Å². The summed E-state index contributed by atoms with van der Waals surface area (Å²) in [6, 6.07) is -1.000. The van der Waals surface area contributed by atoms with Gasteiger partial charge in [-0.2, -0.15) is 0 Å². The fourth-order valence-electron chi connectivity index (χ4n) is 13.3. The predicted molar refractivity (Wildman–Crippen MR) is 429 cm³/mol. The number of carbonyl (C=O) groups excluding carboxylic acids is 1. The van der Waals surface area contributed by atoms with Crippen LogP contribution in [0, 0.1) is 0 Å². The average Bonchev–Trinajstić information content (AvgIpc) is 0.782. The van der Waals surface area contributed by atoms with Crippen molar-refractivity contribution in [1.29, 1.82) is 0 Å². The summed E-state index contributed by atoms with van der Waals surface area (Å²) in [6.07, 6.45) is 68.7. The molecule has 3 aliphatic heterocycles. The van der Waals surface area contributed by atoms with Gasteiger partial charge in [0.05, 0.1) is 38.6 Å². The summed E-state index contributed by atoms with van der Waals surface area (Å²) >= 11 is 0. The number of aliphatic hydroxyl groups excluding tert-OH is 11. The zero-order valence-electron chi connectivity index (χ0n) is 65.8. The highest BCUT2D eigenvalue weighted by Crippen LogP contribution is 2.33. The van der Waals surface area contributed by atoms with Gasteiger partial charge in [0.15, 0.2) is 18.9 Å². The van der Waals surface area contributed by atoms with Crippen molar-refractivity contribution in [2.45, 2.75) is 388 Å². The molecule has 3 heterocycles. The summed E-state index contributed by atoms with van der Waals surface area (Å²) in [7, 11) is 0. The minimum Gasteiger partial charge on any atom is -0.394 e. The van der Waals surface area contributed by atoms with Gasteiger partial charge in [0, 0.05) is 6.42 Å². The molecule has 3 fully saturated rings. The molecule has 17 unspecified atom stereocenters. The monoisotopic (exact) mass is 1510 g/mol. The second kappa shape index (κ2) is 66.5. The Morgan fingerprint density at radius 3 is 1.05 bits per heavy atom. The van der Waals surface area contributed by atoms with E-state index in [4.69, 9.17) is 28.4 Å². The van der Waals surface area contributed by atoms with E-state index >= 15 is 0 Å². The van der Waals surface area contributed by atoms with E-state index in [0.29, 0.717) is 12.8 Å². The highest BCUT2D eigenvalue weighted by molar-refractivity contribution is 5.76. The van der Waals surface area contributed by atoms with Gasteiger partial charge in [0.25, 0.3) is 0 Å². The van der Waals surface area contributed by atoms with Gasteiger partial charge in [-0.05, 0) is 103 Å². The molecule has 3 saturated heterocycles. The van der Waals surface area contributed by atoms with E-state index in [2.05, 4.69) is 141 Å². The van der Waals surface area contributed by atoms with Gasteiger partial charge in [-0.3, -0.25) is 4.79 Å².